The maximum absolute atomic E-state index is 11.7. The van der Waals surface area contributed by atoms with Gasteiger partial charge in [0.05, 0.1) is 12.4 Å². The molecule has 3 fully saturated rings. The highest BCUT2D eigenvalue weighted by Crippen LogP contribution is 2.67. The van der Waals surface area contributed by atoms with E-state index in [1.165, 1.54) is 51.4 Å². The van der Waals surface area contributed by atoms with Crippen molar-refractivity contribution in [1.29, 1.82) is 0 Å². The Labute approximate surface area is 228 Å². The SMILES string of the molecule is CCCC(OC1CC[C@@]2(C)C(=CCC3C2CC[C@@]2(C)C3CC[C@@H]2[C@H](C)CCCC(C)C)C1)OS(C)(=O)=O. The summed E-state index contributed by atoms with van der Waals surface area (Å²) in [6.45, 7) is 14.5. The molecule has 37 heavy (non-hydrogen) atoms. The molecule has 3 saturated carbocycles. The molecular formula is C32H56O4S. The van der Waals surface area contributed by atoms with E-state index >= 15 is 0 Å². The lowest BCUT2D eigenvalue weighted by Gasteiger charge is -2.58. The van der Waals surface area contributed by atoms with Crippen molar-refractivity contribution in [2.45, 2.75) is 137 Å². The second-order valence-electron chi connectivity index (χ2n) is 14.3. The minimum absolute atomic E-state index is 0.0607. The van der Waals surface area contributed by atoms with Crippen molar-refractivity contribution in [2.24, 2.45) is 46.3 Å². The molecular weight excluding hydrogens is 480 g/mol. The van der Waals surface area contributed by atoms with Crippen LogP contribution >= 0.6 is 0 Å². The molecule has 0 N–H and O–H groups in total. The fourth-order valence-corrected chi connectivity index (χ4v) is 10.1. The minimum atomic E-state index is -3.52. The topological polar surface area (TPSA) is 52.6 Å². The monoisotopic (exact) mass is 536 g/mol. The van der Waals surface area contributed by atoms with E-state index in [4.69, 9.17) is 8.92 Å². The molecule has 0 aromatic heterocycles. The van der Waals surface area contributed by atoms with Crippen molar-refractivity contribution in [2.75, 3.05) is 6.26 Å². The lowest BCUT2D eigenvalue weighted by molar-refractivity contribution is -0.135. The highest BCUT2D eigenvalue weighted by atomic mass is 32.2. The van der Waals surface area contributed by atoms with Crippen LogP contribution in [-0.4, -0.2) is 27.1 Å². The number of hydrogen-bond donors (Lipinski definition) is 0. The molecule has 4 nitrogen and oxygen atoms in total. The zero-order chi connectivity index (χ0) is 27.0. The van der Waals surface area contributed by atoms with E-state index in [1.54, 1.807) is 5.57 Å². The van der Waals surface area contributed by atoms with Crippen molar-refractivity contribution in [3.8, 4) is 0 Å². The fourth-order valence-electron chi connectivity index (χ4n) is 9.55. The van der Waals surface area contributed by atoms with Crippen molar-refractivity contribution < 1.29 is 17.3 Å². The molecule has 5 unspecified atom stereocenters. The number of hydrogen-bond acceptors (Lipinski definition) is 4. The summed E-state index contributed by atoms with van der Waals surface area (Å²) in [6, 6.07) is 0. The summed E-state index contributed by atoms with van der Waals surface area (Å²) >= 11 is 0. The van der Waals surface area contributed by atoms with Crippen LogP contribution in [0.15, 0.2) is 11.6 Å². The molecule has 0 amide bonds. The summed E-state index contributed by atoms with van der Waals surface area (Å²) in [7, 11) is -3.52. The van der Waals surface area contributed by atoms with Gasteiger partial charge in [-0.2, -0.15) is 8.42 Å². The Hall–Kier alpha value is -0.390. The predicted octanol–water partition coefficient (Wildman–Crippen LogP) is 8.52. The first kappa shape index (κ1) is 29.6. The Bertz CT molecular complexity index is 910. The lowest BCUT2D eigenvalue weighted by Crippen LogP contribution is -2.51. The standard InChI is InChI=1S/C32H56O4S/c1-8-10-30(36-37(7,33)34)35-25-17-19-31(5)24(21-25)13-14-26-28-16-15-27(23(4)12-9-11-22(2)3)32(28,6)20-18-29(26)31/h13,22-23,25-30H,8-12,14-21H2,1-7H3/t23-,25?,26?,27-,28?,29?,30?,31+,32-/m1/s1. The number of fused-ring (bicyclic) bond motifs is 5. The average molecular weight is 537 g/mol. The Morgan fingerprint density at radius 3 is 2.43 bits per heavy atom. The second-order valence-corrected chi connectivity index (χ2v) is 15.9. The highest BCUT2D eigenvalue weighted by molar-refractivity contribution is 7.86. The van der Waals surface area contributed by atoms with E-state index in [1.807, 2.05) is 6.92 Å². The summed E-state index contributed by atoms with van der Waals surface area (Å²) in [5.74, 6) is 5.08. The first-order chi connectivity index (χ1) is 17.4. The van der Waals surface area contributed by atoms with E-state index in [0.717, 1.165) is 67.4 Å². The molecule has 0 heterocycles. The van der Waals surface area contributed by atoms with Gasteiger partial charge in [-0.3, -0.25) is 0 Å². The smallest absolute Gasteiger partial charge is 0.266 e. The summed E-state index contributed by atoms with van der Waals surface area (Å²) in [6.07, 6.45) is 18.7. The molecule has 214 valence electrons. The van der Waals surface area contributed by atoms with Gasteiger partial charge in [0, 0.05) is 0 Å². The Kier molecular flexibility index (Phi) is 9.29. The molecule has 5 heteroatoms. The van der Waals surface area contributed by atoms with Crippen molar-refractivity contribution in [1.82, 2.24) is 0 Å². The molecule has 0 bridgehead atoms. The van der Waals surface area contributed by atoms with Gasteiger partial charge in [-0.25, -0.2) is 4.18 Å². The van der Waals surface area contributed by atoms with Gasteiger partial charge >= 0.3 is 0 Å². The van der Waals surface area contributed by atoms with E-state index in [-0.39, 0.29) is 11.5 Å². The number of allylic oxidation sites excluding steroid dienone is 1. The Balaban J connectivity index is 1.43. The average Bonchev–Trinajstić information content (AvgIpc) is 3.15. The predicted molar refractivity (Wildman–Crippen MR) is 153 cm³/mol. The first-order valence-electron chi connectivity index (χ1n) is 15.6. The second kappa shape index (κ2) is 11.6. The zero-order valence-electron chi connectivity index (χ0n) is 24.9. The molecule has 0 aliphatic heterocycles. The van der Waals surface area contributed by atoms with Gasteiger partial charge in [-0.1, -0.05) is 78.9 Å². The van der Waals surface area contributed by atoms with Gasteiger partial charge < -0.3 is 4.74 Å². The van der Waals surface area contributed by atoms with Crippen molar-refractivity contribution in [3.63, 3.8) is 0 Å². The summed E-state index contributed by atoms with van der Waals surface area (Å²) in [5, 5.41) is 0. The van der Waals surface area contributed by atoms with E-state index < -0.39 is 16.4 Å². The Morgan fingerprint density at radius 2 is 1.76 bits per heavy atom. The van der Waals surface area contributed by atoms with Crippen LogP contribution in [0, 0.1) is 46.3 Å². The Morgan fingerprint density at radius 1 is 1.00 bits per heavy atom. The maximum Gasteiger partial charge on any atom is 0.266 e. The first-order valence-corrected chi connectivity index (χ1v) is 17.4. The van der Waals surface area contributed by atoms with E-state index in [9.17, 15) is 8.42 Å². The fraction of sp³-hybridized carbons (Fsp3) is 0.938. The van der Waals surface area contributed by atoms with Gasteiger partial charge in [-0.15, -0.1) is 0 Å². The summed E-state index contributed by atoms with van der Waals surface area (Å²) < 4.78 is 35.0. The number of rotatable bonds is 11. The third kappa shape index (κ3) is 6.35. The molecule has 0 aromatic carbocycles. The van der Waals surface area contributed by atoms with Gasteiger partial charge in [-0.05, 0) is 104 Å². The molecule has 4 aliphatic carbocycles. The van der Waals surface area contributed by atoms with E-state index in [0.29, 0.717) is 11.8 Å². The van der Waals surface area contributed by atoms with Gasteiger partial charge in [0.2, 0.25) is 0 Å². The normalized spacial score (nSPS) is 39.5. The van der Waals surface area contributed by atoms with Crippen molar-refractivity contribution in [3.05, 3.63) is 11.6 Å². The van der Waals surface area contributed by atoms with Gasteiger partial charge in [0.1, 0.15) is 0 Å². The zero-order valence-corrected chi connectivity index (χ0v) is 25.7. The number of ether oxygens (including phenoxy) is 1. The van der Waals surface area contributed by atoms with Crippen LogP contribution in [0.5, 0.6) is 0 Å². The minimum Gasteiger partial charge on any atom is -0.348 e. The quantitative estimate of drug-likeness (QED) is 0.151. The lowest BCUT2D eigenvalue weighted by atomic mass is 9.47. The highest BCUT2D eigenvalue weighted by Gasteiger charge is 2.59. The van der Waals surface area contributed by atoms with Crippen LogP contribution < -0.4 is 0 Å². The third-order valence-electron chi connectivity index (χ3n) is 11.4. The van der Waals surface area contributed by atoms with E-state index in [2.05, 4.69) is 40.7 Å². The largest absolute Gasteiger partial charge is 0.348 e. The molecule has 9 atom stereocenters. The van der Waals surface area contributed by atoms with Crippen LogP contribution in [0.2, 0.25) is 0 Å². The molecule has 0 radical (unpaired) electrons. The maximum atomic E-state index is 11.7. The molecule has 4 aliphatic rings. The van der Waals surface area contributed by atoms with Crippen LogP contribution in [0.4, 0.5) is 0 Å². The van der Waals surface area contributed by atoms with Gasteiger partial charge in [0.15, 0.2) is 6.29 Å². The van der Waals surface area contributed by atoms with Crippen LogP contribution in [0.25, 0.3) is 0 Å². The summed E-state index contributed by atoms with van der Waals surface area (Å²) in [5.41, 5.74) is 2.39. The summed E-state index contributed by atoms with van der Waals surface area (Å²) in [4.78, 5) is 0. The molecule has 0 aromatic rings. The van der Waals surface area contributed by atoms with Crippen molar-refractivity contribution >= 4 is 10.1 Å². The molecule has 0 saturated heterocycles. The van der Waals surface area contributed by atoms with Crippen LogP contribution in [0.1, 0.15) is 125 Å². The van der Waals surface area contributed by atoms with Crippen LogP contribution in [0.3, 0.4) is 0 Å². The molecule has 0 spiro atoms. The third-order valence-corrected chi connectivity index (χ3v) is 12.0. The molecule has 4 rings (SSSR count). The van der Waals surface area contributed by atoms with Gasteiger partial charge in [0.25, 0.3) is 10.1 Å². The van der Waals surface area contributed by atoms with Crippen LogP contribution in [-0.2, 0) is 19.0 Å².